The Morgan fingerprint density at radius 3 is 2.75 bits per heavy atom. The molecule has 4 rings (SSSR count). The average Bonchev–Trinajstić information content (AvgIpc) is 3.00. The van der Waals surface area contributed by atoms with Crippen LogP contribution in [0, 0.1) is 11.7 Å². The lowest BCUT2D eigenvalue weighted by Crippen LogP contribution is -2.61. The molecule has 0 saturated carbocycles. The number of fused-ring (bicyclic) bond motifs is 1. The van der Waals surface area contributed by atoms with Crippen molar-refractivity contribution in [2.24, 2.45) is 5.92 Å². The smallest absolute Gasteiger partial charge is 0.230 e. The highest BCUT2D eigenvalue weighted by atomic mass is 19.1. The van der Waals surface area contributed by atoms with E-state index in [1.54, 1.807) is 0 Å². The molecule has 2 aliphatic rings. The molecule has 1 aromatic carbocycles. The van der Waals surface area contributed by atoms with E-state index in [1.807, 2.05) is 23.2 Å². The van der Waals surface area contributed by atoms with Crippen LogP contribution in [0.3, 0.4) is 0 Å². The van der Waals surface area contributed by atoms with Gasteiger partial charge in [-0.1, -0.05) is 26.0 Å². The van der Waals surface area contributed by atoms with Crippen LogP contribution in [-0.4, -0.2) is 34.1 Å². The van der Waals surface area contributed by atoms with Gasteiger partial charge in [0, 0.05) is 29.8 Å². The molecule has 24 heavy (non-hydrogen) atoms. The molecule has 1 fully saturated rings. The van der Waals surface area contributed by atoms with Crippen molar-refractivity contribution in [1.82, 2.24) is 15.1 Å². The number of hydrogen-bond acceptors (Lipinski definition) is 2. The summed E-state index contributed by atoms with van der Waals surface area (Å²) in [4.78, 5) is 15.0. The van der Waals surface area contributed by atoms with E-state index in [0.29, 0.717) is 19.0 Å². The first-order chi connectivity index (χ1) is 11.5. The van der Waals surface area contributed by atoms with Gasteiger partial charge in [0.2, 0.25) is 5.91 Å². The van der Waals surface area contributed by atoms with Gasteiger partial charge in [0.25, 0.3) is 0 Å². The van der Waals surface area contributed by atoms with Crippen LogP contribution in [0.15, 0.2) is 30.5 Å². The molecule has 1 amide bonds. The lowest BCUT2D eigenvalue weighted by atomic mass is 9.73. The van der Waals surface area contributed by atoms with E-state index >= 15 is 0 Å². The van der Waals surface area contributed by atoms with Gasteiger partial charge < -0.3 is 4.90 Å². The molecule has 4 nitrogen and oxygen atoms in total. The molecule has 2 aromatic rings. The molecule has 1 aromatic heterocycles. The van der Waals surface area contributed by atoms with Gasteiger partial charge in [-0.3, -0.25) is 9.89 Å². The van der Waals surface area contributed by atoms with Gasteiger partial charge in [-0.15, -0.1) is 0 Å². The van der Waals surface area contributed by atoms with E-state index < -0.39 is 0 Å². The summed E-state index contributed by atoms with van der Waals surface area (Å²) in [6.45, 7) is 5.66. The predicted molar refractivity (Wildman–Crippen MR) is 89.1 cm³/mol. The Bertz CT molecular complexity index is 761. The zero-order chi connectivity index (χ0) is 16.9. The standard InChI is InChI=1S/C19H22FN3O/c1-12-3-8-16-15(9-21-22-16)17(12)18(24)23-10-19(2,11-23)13-4-6-14(20)7-5-13/h4-7,9,12,17H,3,8,10-11H2,1-2H3,(H,21,22). The largest absolute Gasteiger partial charge is 0.340 e. The van der Waals surface area contributed by atoms with E-state index in [9.17, 15) is 9.18 Å². The monoisotopic (exact) mass is 327 g/mol. The third-order valence-electron chi connectivity index (χ3n) is 5.70. The number of amides is 1. The fourth-order valence-electron chi connectivity index (χ4n) is 4.20. The lowest BCUT2D eigenvalue weighted by molar-refractivity contribution is -0.141. The third kappa shape index (κ3) is 2.34. The number of hydrogen-bond donors (Lipinski definition) is 1. The highest BCUT2D eigenvalue weighted by molar-refractivity contribution is 5.85. The van der Waals surface area contributed by atoms with E-state index in [2.05, 4.69) is 24.0 Å². The molecule has 0 bridgehead atoms. The van der Waals surface area contributed by atoms with Crippen LogP contribution >= 0.6 is 0 Å². The van der Waals surface area contributed by atoms with Crippen molar-refractivity contribution in [2.45, 2.75) is 38.0 Å². The maximum absolute atomic E-state index is 13.1. The summed E-state index contributed by atoms with van der Waals surface area (Å²) in [7, 11) is 0. The van der Waals surface area contributed by atoms with Crippen LogP contribution in [0.5, 0.6) is 0 Å². The van der Waals surface area contributed by atoms with Gasteiger partial charge in [0.05, 0.1) is 12.1 Å². The molecule has 1 aliphatic carbocycles. The third-order valence-corrected chi connectivity index (χ3v) is 5.70. The molecule has 2 unspecified atom stereocenters. The first-order valence-corrected chi connectivity index (χ1v) is 8.55. The first kappa shape index (κ1) is 15.4. The zero-order valence-corrected chi connectivity index (χ0v) is 14.1. The fraction of sp³-hybridized carbons (Fsp3) is 0.474. The Morgan fingerprint density at radius 2 is 2.04 bits per heavy atom. The highest BCUT2D eigenvalue weighted by Crippen LogP contribution is 2.41. The second-order valence-electron chi connectivity index (χ2n) is 7.56. The fourth-order valence-corrected chi connectivity index (χ4v) is 4.20. The zero-order valence-electron chi connectivity index (χ0n) is 14.1. The molecule has 126 valence electrons. The number of aryl methyl sites for hydroxylation is 1. The van der Waals surface area contributed by atoms with Crippen molar-refractivity contribution in [3.8, 4) is 0 Å². The number of aromatic amines is 1. The molecule has 2 atom stereocenters. The average molecular weight is 327 g/mol. The van der Waals surface area contributed by atoms with Crippen LogP contribution in [0.4, 0.5) is 4.39 Å². The molecular formula is C19H22FN3O. The molecule has 2 heterocycles. The summed E-state index contributed by atoms with van der Waals surface area (Å²) in [6, 6.07) is 6.64. The first-order valence-electron chi connectivity index (χ1n) is 8.55. The summed E-state index contributed by atoms with van der Waals surface area (Å²) in [5.74, 6) is 0.216. The number of likely N-dealkylation sites (tertiary alicyclic amines) is 1. The Hall–Kier alpha value is -2.17. The molecule has 0 spiro atoms. The van der Waals surface area contributed by atoms with Crippen molar-refractivity contribution in [2.75, 3.05) is 13.1 Å². The minimum atomic E-state index is -0.224. The number of halogens is 1. The number of aromatic nitrogens is 2. The number of nitrogens with zero attached hydrogens (tertiary/aromatic N) is 2. The minimum absolute atomic E-state index is 0.0828. The summed E-state index contributed by atoms with van der Waals surface area (Å²) in [5.41, 5.74) is 3.18. The summed E-state index contributed by atoms with van der Waals surface area (Å²) in [5, 5.41) is 7.16. The maximum atomic E-state index is 13.1. The van der Waals surface area contributed by atoms with Crippen LogP contribution in [0.2, 0.25) is 0 Å². The predicted octanol–water partition coefficient (Wildman–Crippen LogP) is 3.01. The minimum Gasteiger partial charge on any atom is -0.340 e. The summed E-state index contributed by atoms with van der Waals surface area (Å²) in [6.07, 6.45) is 3.79. The van der Waals surface area contributed by atoms with Crippen molar-refractivity contribution < 1.29 is 9.18 Å². The van der Waals surface area contributed by atoms with Crippen LogP contribution in [0.1, 0.15) is 43.0 Å². The Balaban J connectivity index is 1.51. The number of carbonyl (C=O) groups is 1. The van der Waals surface area contributed by atoms with Crippen molar-refractivity contribution in [3.05, 3.63) is 53.1 Å². The molecule has 1 saturated heterocycles. The maximum Gasteiger partial charge on any atom is 0.230 e. The summed E-state index contributed by atoms with van der Waals surface area (Å²) < 4.78 is 13.1. The Morgan fingerprint density at radius 1 is 1.33 bits per heavy atom. The molecule has 0 radical (unpaired) electrons. The molecular weight excluding hydrogens is 305 g/mol. The number of benzene rings is 1. The van der Waals surface area contributed by atoms with Crippen molar-refractivity contribution >= 4 is 5.91 Å². The Kier molecular flexibility index (Phi) is 3.48. The van der Waals surface area contributed by atoms with Crippen LogP contribution < -0.4 is 0 Å². The van der Waals surface area contributed by atoms with Crippen molar-refractivity contribution in [1.29, 1.82) is 0 Å². The SMILES string of the molecule is CC1CCc2[nH]ncc2C1C(=O)N1CC(C)(c2ccc(F)cc2)C1. The van der Waals surface area contributed by atoms with E-state index in [0.717, 1.165) is 29.7 Å². The summed E-state index contributed by atoms with van der Waals surface area (Å²) >= 11 is 0. The van der Waals surface area contributed by atoms with Gasteiger partial charge in [-0.2, -0.15) is 5.10 Å². The molecule has 1 aliphatic heterocycles. The number of carbonyl (C=O) groups excluding carboxylic acids is 1. The quantitative estimate of drug-likeness (QED) is 0.922. The molecule has 5 heteroatoms. The van der Waals surface area contributed by atoms with Crippen LogP contribution in [0.25, 0.3) is 0 Å². The van der Waals surface area contributed by atoms with Gasteiger partial charge in [0.15, 0.2) is 0 Å². The number of rotatable bonds is 2. The second kappa shape index (κ2) is 5.43. The van der Waals surface area contributed by atoms with E-state index in [4.69, 9.17) is 0 Å². The topological polar surface area (TPSA) is 49.0 Å². The van der Waals surface area contributed by atoms with E-state index in [1.165, 1.54) is 12.1 Å². The Labute approximate surface area is 141 Å². The van der Waals surface area contributed by atoms with E-state index in [-0.39, 0.29) is 23.1 Å². The number of nitrogens with one attached hydrogen (secondary N) is 1. The normalized spacial score (nSPS) is 25.0. The lowest BCUT2D eigenvalue weighted by Gasteiger charge is -2.50. The van der Waals surface area contributed by atoms with Gasteiger partial charge in [-0.05, 0) is 36.5 Å². The van der Waals surface area contributed by atoms with Crippen molar-refractivity contribution in [3.63, 3.8) is 0 Å². The van der Waals surface area contributed by atoms with Crippen LogP contribution in [-0.2, 0) is 16.6 Å². The van der Waals surface area contributed by atoms with Gasteiger partial charge in [0.1, 0.15) is 5.82 Å². The second-order valence-corrected chi connectivity index (χ2v) is 7.56. The molecule has 1 N–H and O–H groups in total. The highest BCUT2D eigenvalue weighted by Gasteiger charge is 2.46. The van der Waals surface area contributed by atoms with Gasteiger partial charge >= 0.3 is 0 Å². The number of H-pyrrole nitrogens is 1. The van der Waals surface area contributed by atoms with Gasteiger partial charge in [-0.25, -0.2) is 4.39 Å².